The van der Waals surface area contributed by atoms with Crippen molar-refractivity contribution in [2.24, 2.45) is 0 Å². The van der Waals surface area contributed by atoms with Gasteiger partial charge in [-0.3, -0.25) is 4.79 Å². The number of aromatic nitrogens is 2. The monoisotopic (exact) mass is 366 g/mol. The number of benzene rings is 1. The van der Waals surface area contributed by atoms with Gasteiger partial charge in [-0.25, -0.2) is 4.68 Å². The first-order chi connectivity index (χ1) is 12.8. The summed E-state index contributed by atoms with van der Waals surface area (Å²) in [4.78, 5) is 13.1. The molecule has 3 heterocycles. The van der Waals surface area contributed by atoms with E-state index in [9.17, 15) is 4.79 Å². The molecular formula is C22H30N4O. The molecule has 5 nitrogen and oxygen atoms in total. The summed E-state index contributed by atoms with van der Waals surface area (Å²) in [7, 11) is 0. The van der Waals surface area contributed by atoms with E-state index in [4.69, 9.17) is 5.10 Å². The second-order valence-corrected chi connectivity index (χ2v) is 9.20. The van der Waals surface area contributed by atoms with Crippen molar-refractivity contribution in [2.75, 3.05) is 0 Å². The van der Waals surface area contributed by atoms with Crippen LogP contribution in [-0.4, -0.2) is 33.8 Å². The predicted octanol–water partition coefficient (Wildman–Crippen LogP) is 3.49. The summed E-state index contributed by atoms with van der Waals surface area (Å²) in [6, 6.07) is 9.60. The van der Waals surface area contributed by atoms with Crippen LogP contribution in [0.15, 0.2) is 30.5 Å². The zero-order valence-corrected chi connectivity index (χ0v) is 16.7. The molecule has 0 aliphatic carbocycles. The summed E-state index contributed by atoms with van der Waals surface area (Å²) in [6.45, 7) is 8.39. The van der Waals surface area contributed by atoms with Gasteiger partial charge in [0.15, 0.2) is 0 Å². The molecule has 5 heteroatoms. The smallest absolute Gasteiger partial charge is 0.255 e. The third-order valence-electron chi connectivity index (χ3n) is 5.78. The Bertz CT molecular complexity index is 819. The molecule has 144 valence electrons. The van der Waals surface area contributed by atoms with Crippen molar-refractivity contribution >= 4 is 5.91 Å². The molecule has 2 atom stereocenters. The number of carbonyl (C=O) groups is 1. The fourth-order valence-corrected chi connectivity index (χ4v) is 4.36. The van der Waals surface area contributed by atoms with Crippen molar-refractivity contribution in [3.8, 4) is 5.69 Å². The lowest BCUT2D eigenvalue weighted by atomic mass is 9.89. The number of hydrogen-bond donors (Lipinski definition) is 2. The first kappa shape index (κ1) is 18.2. The van der Waals surface area contributed by atoms with Crippen molar-refractivity contribution in [3.63, 3.8) is 0 Å². The number of aryl methyl sites for hydroxylation is 1. The molecule has 0 radical (unpaired) electrons. The molecule has 2 bridgehead atoms. The highest BCUT2D eigenvalue weighted by molar-refractivity contribution is 5.95. The molecule has 27 heavy (non-hydrogen) atoms. The molecule has 2 saturated heterocycles. The highest BCUT2D eigenvalue weighted by atomic mass is 16.1. The van der Waals surface area contributed by atoms with E-state index < -0.39 is 0 Å². The van der Waals surface area contributed by atoms with Crippen molar-refractivity contribution in [2.45, 2.75) is 76.9 Å². The maximum Gasteiger partial charge on any atom is 0.255 e. The van der Waals surface area contributed by atoms with Crippen LogP contribution in [-0.2, 0) is 5.41 Å². The van der Waals surface area contributed by atoms with Gasteiger partial charge >= 0.3 is 0 Å². The Balaban J connectivity index is 1.60. The lowest BCUT2D eigenvalue weighted by Gasteiger charge is -2.29. The Labute approximate surface area is 161 Å². The Kier molecular flexibility index (Phi) is 4.58. The molecular weight excluding hydrogens is 336 g/mol. The highest BCUT2D eigenvalue weighted by Gasteiger charge is 2.35. The van der Waals surface area contributed by atoms with Crippen LogP contribution in [0.4, 0.5) is 0 Å². The molecule has 2 aliphatic heterocycles. The highest BCUT2D eigenvalue weighted by Crippen LogP contribution is 2.29. The Morgan fingerprint density at radius 1 is 1.15 bits per heavy atom. The second-order valence-electron chi connectivity index (χ2n) is 9.20. The minimum absolute atomic E-state index is 0.00425. The van der Waals surface area contributed by atoms with E-state index in [0.29, 0.717) is 17.6 Å². The summed E-state index contributed by atoms with van der Waals surface area (Å²) < 4.78 is 1.83. The maximum atomic E-state index is 13.1. The fraction of sp³-hybridized carbons (Fsp3) is 0.545. The number of nitrogens with one attached hydrogen (secondary N) is 2. The second kappa shape index (κ2) is 6.79. The topological polar surface area (TPSA) is 59.0 Å². The van der Waals surface area contributed by atoms with Crippen LogP contribution in [0, 0.1) is 6.92 Å². The van der Waals surface area contributed by atoms with Gasteiger partial charge in [0.25, 0.3) is 5.91 Å². The van der Waals surface area contributed by atoms with Gasteiger partial charge in [0, 0.05) is 29.7 Å². The van der Waals surface area contributed by atoms with Crippen molar-refractivity contribution in [1.29, 1.82) is 0 Å². The first-order valence-electron chi connectivity index (χ1n) is 10.0. The summed E-state index contributed by atoms with van der Waals surface area (Å²) in [5, 5.41) is 11.7. The molecule has 0 spiro atoms. The van der Waals surface area contributed by atoms with Gasteiger partial charge in [0.2, 0.25) is 0 Å². The van der Waals surface area contributed by atoms with Gasteiger partial charge in [-0.15, -0.1) is 0 Å². The minimum Gasteiger partial charge on any atom is -0.349 e. The number of carbonyl (C=O) groups excluding carboxylic acids is 1. The van der Waals surface area contributed by atoms with Crippen LogP contribution < -0.4 is 10.6 Å². The zero-order valence-electron chi connectivity index (χ0n) is 16.7. The largest absolute Gasteiger partial charge is 0.349 e. The molecule has 0 saturated carbocycles. The van der Waals surface area contributed by atoms with Crippen LogP contribution in [0.25, 0.3) is 5.69 Å². The number of rotatable bonds is 3. The number of piperidine rings is 1. The number of hydrogen-bond acceptors (Lipinski definition) is 3. The third-order valence-corrected chi connectivity index (χ3v) is 5.78. The number of amides is 1. The van der Waals surface area contributed by atoms with Gasteiger partial charge in [-0.1, -0.05) is 38.5 Å². The predicted molar refractivity (Wildman–Crippen MR) is 107 cm³/mol. The average molecular weight is 367 g/mol. The van der Waals surface area contributed by atoms with Crippen molar-refractivity contribution in [1.82, 2.24) is 20.4 Å². The number of nitrogens with zero attached hydrogens (tertiary/aromatic N) is 2. The average Bonchev–Trinajstić information content (AvgIpc) is 3.19. The van der Waals surface area contributed by atoms with Crippen molar-refractivity contribution < 1.29 is 4.79 Å². The quantitative estimate of drug-likeness (QED) is 0.874. The summed E-state index contributed by atoms with van der Waals surface area (Å²) in [5.41, 5.74) is 3.52. The molecule has 1 amide bonds. The van der Waals surface area contributed by atoms with E-state index in [1.54, 1.807) is 0 Å². The van der Waals surface area contributed by atoms with Gasteiger partial charge in [0.05, 0.1) is 16.9 Å². The third kappa shape index (κ3) is 3.79. The number of fused-ring (bicyclic) bond motifs is 2. The summed E-state index contributed by atoms with van der Waals surface area (Å²) in [5.74, 6) is 0.00425. The fourth-order valence-electron chi connectivity index (χ4n) is 4.36. The minimum atomic E-state index is -0.199. The molecule has 2 unspecified atom stereocenters. The van der Waals surface area contributed by atoms with E-state index in [-0.39, 0.29) is 17.4 Å². The van der Waals surface area contributed by atoms with Crippen LogP contribution in [0.2, 0.25) is 0 Å². The summed E-state index contributed by atoms with van der Waals surface area (Å²) in [6.07, 6.45) is 6.40. The Hall–Kier alpha value is -2.14. The van der Waals surface area contributed by atoms with Crippen LogP contribution in [0.1, 0.15) is 68.1 Å². The van der Waals surface area contributed by atoms with Gasteiger partial charge in [0.1, 0.15) is 0 Å². The van der Waals surface area contributed by atoms with Gasteiger partial charge in [-0.2, -0.15) is 5.10 Å². The standard InChI is InChI=1S/C22H30N4O/c1-14-5-9-18(10-6-14)26-13-19(20(25-26)22(2,3)4)21(27)24-17-11-15-7-8-16(12-17)23-15/h5-6,9-10,13,15-17,23H,7-8,11-12H2,1-4H3,(H,24,27). The molecule has 2 aromatic rings. The van der Waals surface area contributed by atoms with Crippen LogP contribution in [0.3, 0.4) is 0 Å². The SMILES string of the molecule is Cc1ccc(-n2cc(C(=O)NC3CC4CCC(C3)N4)c(C(C)(C)C)n2)cc1. The molecule has 2 fully saturated rings. The molecule has 1 aromatic heterocycles. The Morgan fingerprint density at radius 2 is 1.78 bits per heavy atom. The van der Waals surface area contributed by atoms with Crippen LogP contribution >= 0.6 is 0 Å². The van der Waals surface area contributed by atoms with E-state index >= 15 is 0 Å². The van der Waals surface area contributed by atoms with Gasteiger partial charge < -0.3 is 10.6 Å². The van der Waals surface area contributed by atoms with E-state index in [0.717, 1.165) is 24.2 Å². The van der Waals surface area contributed by atoms with E-state index in [1.807, 2.05) is 23.0 Å². The molecule has 2 N–H and O–H groups in total. The lowest BCUT2D eigenvalue weighted by molar-refractivity contribution is 0.0921. The molecule has 1 aromatic carbocycles. The lowest BCUT2D eigenvalue weighted by Crippen LogP contribution is -2.48. The van der Waals surface area contributed by atoms with E-state index in [1.165, 1.54) is 18.4 Å². The molecule has 2 aliphatic rings. The van der Waals surface area contributed by atoms with Gasteiger partial charge in [-0.05, 0) is 44.7 Å². The van der Waals surface area contributed by atoms with E-state index in [2.05, 4.69) is 50.5 Å². The molecule has 4 rings (SSSR count). The zero-order chi connectivity index (χ0) is 19.2. The maximum absolute atomic E-state index is 13.1. The normalized spacial score (nSPS) is 24.8. The Morgan fingerprint density at radius 3 is 2.37 bits per heavy atom. The first-order valence-corrected chi connectivity index (χ1v) is 10.0. The summed E-state index contributed by atoms with van der Waals surface area (Å²) >= 11 is 0. The van der Waals surface area contributed by atoms with Crippen LogP contribution in [0.5, 0.6) is 0 Å². The van der Waals surface area contributed by atoms with Crippen molar-refractivity contribution in [3.05, 3.63) is 47.3 Å².